The molecule has 0 aliphatic carbocycles. The number of nitrogens with one attached hydrogen (secondary N) is 1. The number of nitrogen functional groups attached to an aromatic ring is 1. The predicted octanol–water partition coefficient (Wildman–Crippen LogP) is 2.38. The van der Waals surface area contributed by atoms with Gasteiger partial charge >= 0.3 is 0 Å². The van der Waals surface area contributed by atoms with E-state index in [4.69, 9.17) is 5.73 Å². The minimum atomic E-state index is -3.61. The van der Waals surface area contributed by atoms with Crippen molar-refractivity contribution in [2.24, 2.45) is 0 Å². The van der Waals surface area contributed by atoms with Gasteiger partial charge in [0.1, 0.15) is 5.01 Å². The summed E-state index contributed by atoms with van der Waals surface area (Å²) in [4.78, 5) is 5.45. The summed E-state index contributed by atoms with van der Waals surface area (Å²) < 4.78 is 27.4. The lowest BCUT2D eigenvalue weighted by Crippen LogP contribution is -2.27. The SMILES string of the molecule is Cc1cnc(C(C)NS(=O)(=O)c2cc(N)ccc2C)s1. The fourth-order valence-electron chi connectivity index (χ4n) is 1.83. The fourth-order valence-corrected chi connectivity index (χ4v) is 4.16. The number of nitrogens with two attached hydrogens (primary N) is 1. The highest BCUT2D eigenvalue weighted by atomic mass is 32.2. The summed E-state index contributed by atoms with van der Waals surface area (Å²) in [6.07, 6.45) is 1.73. The summed E-state index contributed by atoms with van der Waals surface area (Å²) in [5.41, 5.74) is 6.75. The van der Waals surface area contributed by atoms with Crippen molar-refractivity contribution >= 4 is 27.0 Å². The quantitative estimate of drug-likeness (QED) is 0.849. The second-order valence-electron chi connectivity index (χ2n) is 4.68. The van der Waals surface area contributed by atoms with Crippen LogP contribution in [0.1, 0.15) is 28.4 Å². The van der Waals surface area contributed by atoms with E-state index in [1.54, 1.807) is 32.2 Å². The molecule has 1 aromatic carbocycles. The van der Waals surface area contributed by atoms with Gasteiger partial charge in [-0.2, -0.15) is 0 Å². The van der Waals surface area contributed by atoms with Gasteiger partial charge in [-0.1, -0.05) is 6.07 Å². The molecule has 0 saturated heterocycles. The molecular weight excluding hydrogens is 294 g/mol. The zero-order valence-corrected chi connectivity index (χ0v) is 13.2. The van der Waals surface area contributed by atoms with Gasteiger partial charge in [-0.05, 0) is 38.5 Å². The van der Waals surface area contributed by atoms with Crippen LogP contribution in [0, 0.1) is 13.8 Å². The average molecular weight is 311 g/mol. The number of aryl methyl sites for hydroxylation is 2. The number of benzene rings is 1. The van der Waals surface area contributed by atoms with E-state index in [-0.39, 0.29) is 10.9 Å². The molecule has 0 amide bonds. The molecule has 108 valence electrons. The average Bonchev–Trinajstić information content (AvgIpc) is 2.78. The lowest BCUT2D eigenvalue weighted by atomic mass is 10.2. The van der Waals surface area contributed by atoms with Gasteiger partial charge in [0.15, 0.2) is 0 Å². The first-order valence-electron chi connectivity index (χ1n) is 6.10. The Morgan fingerprint density at radius 3 is 2.65 bits per heavy atom. The number of hydrogen-bond acceptors (Lipinski definition) is 5. The van der Waals surface area contributed by atoms with Crippen molar-refractivity contribution in [3.63, 3.8) is 0 Å². The Morgan fingerprint density at radius 2 is 2.05 bits per heavy atom. The smallest absolute Gasteiger partial charge is 0.241 e. The van der Waals surface area contributed by atoms with E-state index in [2.05, 4.69) is 9.71 Å². The van der Waals surface area contributed by atoms with Crippen LogP contribution in [0.15, 0.2) is 29.3 Å². The third kappa shape index (κ3) is 3.17. The van der Waals surface area contributed by atoms with Gasteiger partial charge < -0.3 is 5.73 Å². The van der Waals surface area contributed by atoms with Gasteiger partial charge in [0.25, 0.3) is 0 Å². The van der Waals surface area contributed by atoms with Crippen LogP contribution in [0.4, 0.5) is 5.69 Å². The molecule has 1 heterocycles. The first-order chi connectivity index (χ1) is 9.29. The van der Waals surface area contributed by atoms with Crippen molar-refractivity contribution in [3.05, 3.63) is 39.8 Å². The molecule has 20 heavy (non-hydrogen) atoms. The molecule has 0 aliphatic rings. The van der Waals surface area contributed by atoms with Crippen LogP contribution in [0.3, 0.4) is 0 Å². The highest BCUT2D eigenvalue weighted by Gasteiger charge is 2.22. The highest BCUT2D eigenvalue weighted by Crippen LogP contribution is 2.23. The summed E-state index contributed by atoms with van der Waals surface area (Å²) in [5.74, 6) is 0. The van der Waals surface area contributed by atoms with Gasteiger partial charge in [0.05, 0.1) is 10.9 Å². The van der Waals surface area contributed by atoms with Crippen LogP contribution in [0.2, 0.25) is 0 Å². The summed E-state index contributed by atoms with van der Waals surface area (Å²) in [6, 6.07) is 4.47. The minimum absolute atomic E-state index is 0.206. The molecule has 2 aromatic rings. The highest BCUT2D eigenvalue weighted by molar-refractivity contribution is 7.89. The van der Waals surface area contributed by atoms with Crippen molar-refractivity contribution in [2.45, 2.75) is 31.7 Å². The Kier molecular flexibility index (Phi) is 4.12. The molecule has 0 radical (unpaired) electrons. The molecule has 5 nitrogen and oxygen atoms in total. The molecule has 0 aliphatic heterocycles. The van der Waals surface area contributed by atoms with E-state index in [1.165, 1.54) is 17.4 Å². The molecule has 2 rings (SSSR count). The predicted molar refractivity (Wildman–Crippen MR) is 81.2 cm³/mol. The molecule has 0 spiro atoms. The van der Waals surface area contributed by atoms with Crippen LogP contribution in [0.5, 0.6) is 0 Å². The van der Waals surface area contributed by atoms with Crippen LogP contribution in [-0.2, 0) is 10.0 Å². The lowest BCUT2D eigenvalue weighted by molar-refractivity contribution is 0.566. The molecule has 3 N–H and O–H groups in total. The van der Waals surface area contributed by atoms with Gasteiger partial charge in [0, 0.05) is 16.8 Å². The maximum absolute atomic E-state index is 12.4. The number of anilines is 1. The Bertz CT molecular complexity index is 723. The van der Waals surface area contributed by atoms with Gasteiger partial charge in [-0.15, -0.1) is 11.3 Å². The van der Waals surface area contributed by atoms with Crippen LogP contribution in [-0.4, -0.2) is 13.4 Å². The van der Waals surface area contributed by atoms with E-state index in [9.17, 15) is 8.42 Å². The lowest BCUT2D eigenvalue weighted by Gasteiger charge is -2.14. The topological polar surface area (TPSA) is 85.1 Å². The number of hydrogen-bond donors (Lipinski definition) is 2. The number of rotatable bonds is 4. The second-order valence-corrected chi connectivity index (χ2v) is 7.63. The van der Waals surface area contributed by atoms with Crippen LogP contribution >= 0.6 is 11.3 Å². The number of sulfonamides is 1. The summed E-state index contributed by atoms with van der Waals surface area (Å²) >= 11 is 1.48. The number of nitrogens with zero attached hydrogens (tertiary/aromatic N) is 1. The molecule has 7 heteroatoms. The van der Waals surface area contributed by atoms with Crippen LogP contribution < -0.4 is 10.5 Å². The Labute approximate surface area is 122 Å². The second kappa shape index (κ2) is 5.51. The van der Waals surface area contributed by atoms with Crippen molar-refractivity contribution < 1.29 is 8.42 Å². The molecule has 0 bridgehead atoms. The third-order valence-corrected chi connectivity index (χ3v) is 5.62. The van der Waals surface area contributed by atoms with Gasteiger partial charge in [0.2, 0.25) is 10.0 Å². The number of thiazole rings is 1. The number of aromatic nitrogens is 1. The zero-order valence-electron chi connectivity index (χ0n) is 11.5. The van der Waals surface area contributed by atoms with Crippen molar-refractivity contribution in [1.29, 1.82) is 0 Å². The largest absolute Gasteiger partial charge is 0.399 e. The van der Waals surface area contributed by atoms with E-state index in [0.717, 1.165) is 9.88 Å². The van der Waals surface area contributed by atoms with Crippen LogP contribution in [0.25, 0.3) is 0 Å². The molecule has 1 atom stereocenters. The molecular formula is C13H17N3O2S2. The van der Waals surface area contributed by atoms with E-state index in [0.29, 0.717) is 11.3 Å². The van der Waals surface area contributed by atoms with Crippen molar-refractivity contribution in [3.8, 4) is 0 Å². The standard InChI is InChI=1S/C13H17N3O2S2/c1-8-4-5-11(14)6-12(8)20(17,18)16-10(3)13-15-7-9(2)19-13/h4-7,10,16H,14H2,1-3H3. The van der Waals surface area contributed by atoms with E-state index < -0.39 is 10.0 Å². The fraction of sp³-hybridized carbons (Fsp3) is 0.308. The maximum atomic E-state index is 12.4. The third-order valence-electron chi connectivity index (χ3n) is 2.84. The molecule has 0 saturated carbocycles. The van der Waals surface area contributed by atoms with Gasteiger partial charge in [-0.3, -0.25) is 0 Å². The Balaban J connectivity index is 2.29. The van der Waals surface area contributed by atoms with E-state index in [1.807, 2.05) is 6.92 Å². The molecule has 1 aromatic heterocycles. The summed E-state index contributed by atoms with van der Waals surface area (Å²) in [5, 5.41) is 0.743. The first-order valence-corrected chi connectivity index (χ1v) is 8.40. The van der Waals surface area contributed by atoms with Crippen molar-refractivity contribution in [1.82, 2.24) is 9.71 Å². The summed E-state index contributed by atoms with van der Waals surface area (Å²) in [7, 11) is -3.61. The maximum Gasteiger partial charge on any atom is 0.241 e. The monoisotopic (exact) mass is 311 g/mol. The van der Waals surface area contributed by atoms with Crippen molar-refractivity contribution in [2.75, 3.05) is 5.73 Å². The Hall–Kier alpha value is -1.44. The molecule has 0 fully saturated rings. The zero-order chi connectivity index (χ0) is 14.9. The van der Waals surface area contributed by atoms with E-state index >= 15 is 0 Å². The summed E-state index contributed by atoms with van der Waals surface area (Å²) in [6.45, 7) is 5.45. The minimum Gasteiger partial charge on any atom is -0.399 e. The molecule has 1 unspecified atom stereocenters. The van der Waals surface area contributed by atoms with Gasteiger partial charge in [-0.25, -0.2) is 18.1 Å². The normalized spacial score (nSPS) is 13.3. The Morgan fingerprint density at radius 1 is 1.35 bits per heavy atom. The first kappa shape index (κ1) is 15.0.